The van der Waals surface area contributed by atoms with Crippen molar-refractivity contribution >= 4 is 40.1 Å². The molecular formula is C20H20F3IN4O3. The highest BCUT2D eigenvalue weighted by molar-refractivity contribution is 14.1. The molecule has 11 heteroatoms. The standard InChI is InChI=1S/C20H20F3IN4O3/c1-2-14(12-5-6-16(13(8-12)9-24)31-20(21,22)23)26-18(29)28-10-19(11-30-19)27-15-4-3-7-25-17(15)28/h3-8,14,27H,2,9-11H2,1H3,(H,26,29). The number of carbonyl (C=O) groups excluding carboxylic acids is 1. The lowest BCUT2D eigenvalue weighted by molar-refractivity contribution is -0.274. The molecule has 166 valence electrons. The summed E-state index contributed by atoms with van der Waals surface area (Å²) >= 11 is 1.98. The second-order valence-corrected chi connectivity index (χ2v) is 8.09. The maximum Gasteiger partial charge on any atom is 0.573 e. The lowest BCUT2D eigenvalue weighted by Crippen LogP contribution is -2.51. The van der Waals surface area contributed by atoms with E-state index in [4.69, 9.17) is 4.74 Å². The number of pyridine rings is 1. The van der Waals surface area contributed by atoms with E-state index in [1.807, 2.05) is 35.6 Å². The van der Waals surface area contributed by atoms with Gasteiger partial charge in [0.2, 0.25) is 0 Å². The molecule has 0 radical (unpaired) electrons. The summed E-state index contributed by atoms with van der Waals surface area (Å²) in [6.07, 6.45) is -2.60. The Balaban J connectivity index is 1.55. The first kappa shape index (κ1) is 21.9. The molecule has 2 unspecified atom stereocenters. The first-order chi connectivity index (χ1) is 14.7. The normalized spacial score (nSPS) is 20.6. The number of carbonyl (C=O) groups is 1. The molecule has 2 amide bonds. The quantitative estimate of drug-likeness (QED) is 0.321. The topological polar surface area (TPSA) is 79.0 Å². The number of hydrogen-bond donors (Lipinski definition) is 2. The maximum atomic E-state index is 13.1. The number of fused-ring (bicyclic) bond motifs is 1. The molecule has 3 heterocycles. The van der Waals surface area contributed by atoms with Gasteiger partial charge in [0.25, 0.3) is 0 Å². The largest absolute Gasteiger partial charge is 0.573 e. The Bertz CT molecular complexity index is 984. The van der Waals surface area contributed by atoms with Crippen LogP contribution in [0.5, 0.6) is 5.75 Å². The molecule has 31 heavy (non-hydrogen) atoms. The predicted octanol–water partition coefficient (Wildman–Crippen LogP) is 4.73. The van der Waals surface area contributed by atoms with Crippen LogP contribution in [0.1, 0.15) is 30.5 Å². The molecule has 1 spiro atoms. The Morgan fingerprint density at radius 3 is 2.87 bits per heavy atom. The summed E-state index contributed by atoms with van der Waals surface area (Å²) in [6.45, 7) is 2.68. The second kappa shape index (κ2) is 8.34. The molecule has 1 aromatic heterocycles. The summed E-state index contributed by atoms with van der Waals surface area (Å²) in [6, 6.07) is 7.32. The van der Waals surface area contributed by atoms with Gasteiger partial charge >= 0.3 is 12.4 Å². The Morgan fingerprint density at radius 2 is 2.23 bits per heavy atom. The van der Waals surface area contributed by atoms with Gasteiger partial charge in [-0.05, 0) is 36.2 Å². The zero-order valence-corrected chi connectivity index (χ0v) is 18.7. The molecule has 7 nitrogen and oxygen atoms in total. The molecule has 2 N–H and O–H groups in total. The van der Waals surface area contributed by atoms with E-state index in [0.717, 1.165) is 0 Å². The van der Waals surface area contributed by atoms with Gasteiger partial charge < -0.3 is 20.1 Å². The van der Waals surface area contributed by atoms with Crippen molar-refractivity contribution in [3.63, 3.8) is 0 Å². The SMILES string of the molecule is CCC(NC(=O)N1CC2(CO2)Nc2cccnc21)c1ccc(OC(F)(F)F)c(CI)c1. The minimum absolute atomic E-state index is 0.236. The van der Waals surface area contributed by atoms with E-state index in [9.17, 15) is 18.0 Å². The third-order valence-corrected chi connectivity index (χ3v) is 5.94. The van der Waals surface area contributed by atoms with Gasteiger partial charge in [-0.25, -0.2) is 9.78 Å². The number of rotatable bonds is 5. The van der Waals surface area contributed by atoms with Gasteiger partial charge in [-0.15, -0.1) is 13.2 Å². The third kappa shape index (κ3) is 4.81. The van der Waals surface area contributed by atoms with E-state index in [2.05, 4.69) is 20.4 Å². The predicted molar refractivity (Wildman–Crippen MR) is 116 cm³/mol. The lowest BCUT2D eigenvalue weighted by Gasteiger charge is -2.34. The molecule has 2 aliphatic heterocycles. The van der Waals surface area contributed by atoms with Gasteiger partial charge in [0.1, 0.15) is 5.75 Å². The number of aromatic nitrogens is 1. The number of epoxide rings is 1. The minimum Gasteiger partial charge on any atom is -0.405 e. The smallest absolute Gasteiger partial charge is 0.405 e. The number of alkyl halides is 4. The van der Waals surface area contributed by atoms with Gasteiger partial charge in [0.15, 0.2) is 11.5 Å². The summed E-state index contributed by atoms with van der Waals surface area (Å²) in [7, 11) is 0. The summed E-state index contributed by atoms with van der Waals surface area (Å²) in [5.74, 6) is 0.262. The number of ether oxygens (including phenoxy) is 2. The zero-order chi connectivity index (χ0) is 22.2. The van der Waals surface area contributed by atoms with Crippen LogP contribution in [0.25, 0.3) is 0 Å². The van der Waals surface area contributed by atoms with E-state index in [1.165, 1.54) is 11.0 Å². The molecule has 0 bridgehead atoms. The van der Waals surface area contributed by atoms with Gasteiger partial charge in [-0.2, -0.15) is 0 Å². The van der Waals surface area contributed by atoms with Gasteiger partial charge in [-0.1, -0.05) is 35.6 Å². The summed E-state index contributed by atoms with van der Waals surface area (Å²) < 4.78 is 47.9. The van der Waals surface area contributed by atoms with Crippen LogP contribution in [0.2, 0.25) is 0 Å². The van der Waals surface area contributed by atoms with Crippen molar-refractivity contribution < 1.29 is 27.4 Å². The van der Waals surface area contributed by atoms with E-state index < -0.39 is 18.1 Å². The average Bonchev–Trinajstić information content (AvgIpc) is 3.48. The number of urea groups is 1. The van der Waals surface area contributed by atoms with Crippen molar-refractivity contribution in [1.29, 1.82) is 0 Å². The summed E-state index contributed by atoms with van der Waals surface area (Å²) in [5, 5.41) is 6.23. The number of amides is 2. The van der Waals surface area contributed by atoms with Crippen LogP contribution in [0.4, 0.5) is 29.5 Å². The van der Waals surface area contributed by atoms with Crippen LogP contribution in [-0.2, 0) is 9.16 Å². The van der Waals surface area contributed by atoms with Crippen LogP contribution in [-0.4, -0.2) is 36.3 Å². The summed E-state index contributed by atoms with van der Waals surface area (Å²) in [5.41, 5.74) is 1.21. The van der Waals surface area contributed by atoms with Crippen LogP contribution >= 0.6 is 22.6 Å². The number of halogens is 4. The van der Waals surface area contributed by atoms with Crippen molar-refractivity contribution in [3.8, 4) is 5.75 Å². The van der Waals surface area contributed by atoms with E-state index in [-0.39, 0.29) is 11.8 Å². The number of anilines is 2. The van der Waals surface area contributed by atoms with Crippen molar-refractivity contribution in [2.24, 2.45) is 0 Å². The molecule has 2 aliphatic rings. The van der Waals surface area contributed by atoms with Crippen molar-refractivity contribution in [2.75, 3.05) is 23.4 Å². The number of benzene rings is 1. The average molecular weight is 548 g/mol. The monoisotopic (exact) mass is 548 g/mol. The number of hydrogen-bond acceptors (Lipinski definition) is 5. The second-order valence-electron chi connectivity index (χ2n) is 7.33. The fourth-order valence-corrected chi connectivity index (χ4v) is 4.13. The van der Waals surface area contributed by atoms with Crippen LogP contribution in [0, 0.1) is 0 Å². The summed E-state index contributed by atoms with van der Waals surface area (Å²) in [4.78, 5) is 19.0. The third-order valence-electron chi connectivity index (χ3n) is 5.12. The van der Waals surface area contributed by atoms with Crippen LogP contribution < -0.4 is 20.3 Å². The molecule has 4 rings (SSSR count). The lowest BCUT2D eigenvalue weighted by atomic mass is 10.0. The molecule has 1 saturated heterocycles. The minimum atomic E-state index is -4.76. The van der Waals surface area contributed by atoms with Crippen molar-refractivity contribution in [3.05, 3.63) is 47.7 Å². The molecular weight excluding hydrogens is 528 g/mol. The van der Waals surface area contributed by atoms with Crippen molar-refractivity contribution in [2.45, 2.75) is 35.9 Å². The molecule has 0 saturated carbocycles. The Morgan fingerprint density at radius 1 is 1.45 bits per heavy atom. The highest BCUT2D eigenvalue weighted by Crippen LogP contribution is 2.39. The van der Waals surface area contributed by atoms with Gasteiger partial charge in [-0.3, -0.25) is 4.90 Å². The van der Waals surface area contributed by atoms with E-state index >= 15 is 0 Å². The zero-order valence-electron chi connectivity index (χ0n) is 16.5. The number of nitrogens with one attached hydrogen (secondary N) is 2. The Labute approximate surface area is 190 Å². The van der Waals surface area contributed by atoms with Gasteiger partial charge in [0, 0.05) is 16.2 Å². The fourth-order valence-electron chi connectivity index (χ4n) is 3.54. The van der Waals surface area contributed by atoms with E-state index in [1.54, 1.807) is 24.4 Å². The first-order valence-electron chi connectivity index (χ1n) is 9.63. The van der Waals surface area contributed by atoms with Gasteiger partial charge in [0.05, 0.1) is 24.9 Å². The van der Waals surface area contributed by atoms with Crippen LogP contribution in [0.3, 0.4) is 0 Å². The molecule has 2 atom stereocenters. The Kier molecular flexibility index (Phi) is 5.90. The number of nitrogens with zero attached hydrogens (tertiary/aromatic N) is 2. The maximum absolute atomic E-state index is 13.1. The van der Waals surface area contributed by atoms with Crippen molar-refractivity contribution in [1.82, 2.24) is 10.3 Å². The molecule has 1 aromatic carbocycles. The fraction of sp³-hybridized carbons (Fsp3) is 0.400. The molecule has 0 aliphatic carbocycles. The van der Waals surface area contributed by atoms with E-state index in [0.29, 0.717) is 46.6 Å². The molecule has 1 fully saturated rings. The highest BCUT2D eigenvalue weighted by atomic mass is 127. The molecule has 2 aromatic rings. The Hall–Kier alpha value is -2.28. The first-order valence-corrected chi connectivity index (χ1v) is 11.2. The highest BCUT2D eigenvalue weighted by Gasteiger charge is 2.51. The van der Waals surface area contributed by atoms with Crippen LogP contribution in [0.15, 0.2) is 36.5 Å².